The Labute approximate surface area is 101 Å². The number of nitrogens with two attached hydrogens (primary N) is 1. The molecule has 0 aromatic carbocycles. The number of thioether (sulfide) groups is 1. The van der Waals surface area contributed by atoms with E-state index in [-0.39, 0.29) is 6.04 Å². The second kappa shape index (κ2) is 7.68. The lowest BCUT2D eigenvalue weighted by molar-refractivity contribution is 0.384. The first kappa shape index (κ1) is 13.5. The van der Waals surface area contributed by atoms with Gasteiger partial charge in [-0.25, -0.2) is 0 Å². The van der Waals surface area contributed by atoms with E-state index in [1.54, 1.807) is 11.8 Å². The first-order chi connectivity index (χ1) is 7.76. The lowest BCUT2D eigenvalue weighted by Gasteiger charge is -2.05. The van der Waals surface area contributed by atoms with Crippen LogP contribution in [0.4, 0.5) is 0 Å². The Morgan fingerprint density at radius 1 is 1.44 bits per heavy atom. The van der Waals surface area contributed by atoms with E-state index in [1.807, 2.05) is 0 Å². The van der Waals surface area contributed by atoms with Crippen molar-refractivity contribution in [3.63, 3.8) is 0 Å². The summed E-state index contributed by atoms with van der Waals surface area (Å²) in [4.78, 5) is 4.33. The van der Waals surface area contributed by atoms with Crippen LogP contribution in [0.15, 0.2) is 4.52 Å². The van der Waals surface area contributed by atoms with Crippen molar-refractivity contribution in [2.24, 2.45) is 5.73 Å². The molecule has 5 heteroatoms. The predicted octanol–water partition coefficient (Wildman–Crippen LogP) is 2.38. The van der Waals surface area contributed by atoms with E-state index >= 15 is 0 Å². The third-order valence-corrected chi connectivity index (χ3v) is 3.46. The molecule has 0 amide bonds. The maximum absolute atomic E-state index is 5.82. The van der Waals surface area contributed by atoms with Gasteiger partial charge in [0.1, 0.15) is 0 Å². The van der Waals surface area contributed by atoms with Gasteiger partial charge in [-0.15, -0.1) is 0 Å². The summed E-state index contributed by atoms with van der Waals surface area (Å²) in [5.74, 6) is 3.27. The molecule has 1 unspecified atom stereocenters. The molecular weight excluding hydrogens is 222 g/mol. The average molecular weight is 243 g/mol. The van der Waals surface area contributed by atoms with Crippen molar-refractivity contribution >= 4 is 11.8 Å². The van der Waals surface area contributed by atoms with E-state index in [4.69, 9.17) is 10.3 Å². The second-order valence-corrected chi connectivity index (χ2v) is 4.92. The second-order valence-electron chi connectivity index (χ2n) is 3.89. The third kappa shape index (κ3) is 4.99. The van der Waals surface area contributed by atoms with Crippen molar-refractivity contribution in [1.82, 2.24) is 10.1 Å². The van der Waals surface area contributed by atoms with Crippen molar-refractivity contribution in [3.8, 4) is 0 Å². The first-order valence-electron chi connectivity index (χ1n) is 5.91. The molecule has 1 aromatic heterocycles. The molecule has 0 fully saturated rings. The van der Waals surface area contributed by atoms with Crippen LogP contribution < -0.4 is 5.73 Å². The topological polar surface area (TPSA) is 64.9 Å². The molecule has 0 radical (unpaired) electrons. The maximum atomic E-state index is 5.82. The molecule has 0 bridgehead atoms. The SMILES string of the molecule is CCCCc1noc(CSCC(N)CC)n1. The van der Waals surface area contributed by atoms with E-state index in [1.165, 1.54) is 0 Å². The van der Waals surface area contributed by atoms with Crippen LogP contribution in [0, 0.1) is 0 Å². The van der Waals surface area contributed by atoms with Crippen LogP contribution >= 0.6 is 11.8 Å². The molecule has 0 aliphatic carbocycles. The number of hydrogen-bond acceptors (Lipinski definition) is 5. The largest absolute Gasteiger partial charge is 0.338 e. The summed E-state index contributed by atoms with van der Waals surface area (Å²) in [5.41, 5.74) is 5.82. The Bertz CT molecular complexity index is 291. The predicted molar refractivity (Wildman–Crippen MR) is 67.3 cm³/mol. The van der Waals surface area contributed by atoms with Gasteiger partial charge in [0, 0.05) is 18.2 Å². The van der Waals surface area contributed by atoms with Crippen molar-refractivity contribution < 1.29 is 4.52 Å². The normalized spacial score (nSPS) is 12.9. The van der Waals surface area contributed by atoms with Gasteiger partial charge >= 0.3 is 0 Å². The summed E-state index contributed by atoms with van der Waals surface area (Å²) in [7, 11) is 0. The fraction of sp³-hybridized carbons (Fsp3) is 0.818. The highest BCUT2D eigenvalue weighted by Crippen LogP contribution is 2.12. The van der Waals surface area contributed by atoms with E-state index in [2.05, 4.69) is 24.0 Å². The summed E-state index contributed by atoms with van der Waals surface area (Å²) in [6.07, 6.45) is 4.20. The van der Waals surface area contributed by atoms with Crippen molar-refractivity contribution in [1.29, 1.82) is 0 Å². The number of aryl methyl sites for hydroxylation is 1. The number of nitrogens with zero attached hydrogens (tertiary/aromatic N) is 2. The Kier molecular flexibility index (Phi) is 6.49. The minimum absolute atomic E-state index is 0.271. The Morgan fingerprint density at radius 3 is 2.94 bits per heavy atom. The van der Waals surface area contributed by atoms with Crippen LogP contribution in [-0.4, -0.2) is 21.9 Å². The maximum Gasteiger partial charge on any atom is 0.236 e. The minimum atomic E-state index is 0.271. The van der Waals surface area contributed by atoms with Gasteiger partial charge < -0.3 is 10.3 Å². The summed E-state index contributed by atoms with van der Waals surface area (Å²) in [5, 5.41) is 3.94. The van der Waals surface area contributed by atoms with Crippen LogP contribution in [0.1, 0.15) is 44.8 Å². The van der Waals surface area contributed by atoms with Gasteiger partial charge in [-0.05, 0) is 12.8 Å². The highest BCUT2D eigenvalue weighted by Gasteiger charge is 2.06. The lowest BCUT2D eigenvalue weighted by atomic mass is 10.2. The van der Waals surface area contributed by atoms with Gasteiger partial charge in [-0.1, -0.05) is 25.4 Å². The quantitative estimate of drug-likeness (QED) is 0.759. The van der Waals surface area contributed by atoms with Gasteiger partial charge in [-0.2, -0.15) is 16.7 Å². The molecular formula is C11H21N3OS. The zero-order chi connectivity index (χ0) is 11.8. The monoisotopic (exact) mass is 243 g/mol. The van der Waals surface area contributed by atoms with Crippen LogP contribution in [0.2, 0.25) is 0 Å². The average Bonchev–Trinajstić information content (AvgIpc) is 2.74. The molecule has 1 rings (SSSR count). The van der Waals surface area contributed by atoms with Crippen LogP contribution in [0.25, 0.3) is 0 Å². The molecule has 0 aliphatic heterocycles. The fourth-order valence-corrected chi connectivity index (χ4v) is 2.15. The van der Waals surface area contributed by atoms with E-state index in [0.717, 1.165) is 48.9 Å². The molecule has 0 saturated heterocycles. The number of rotatable bonds is 8. The van der Waals surface area contributed by atoms with Crippen LogP contribution in [-0.2, 0) is 12.2 Å². The highest BCUT2D eigenvalue weighted by molar-refractivity contribution is 7.98. The van der Waals surface area contributed by atoms with Crippen molar-refractivity contribution in [2.45, 2.75) is 51.3 Å². The van der Waals surface area contributed by atoms with Crippen LogP contribution in [0.5, 0.6) is 0 Å². The van der Waals surface area contributed by atoms with E-state index in [0.29, 0.717) is 0 Å². The minimum Gasteiger partial charge on any atom is -0.338 e. The Hall–Kier alpha value is -0.550. The number of hydrogen-bond donors (Lipinski definition) is 1. The molecule has 1 aromatic rings. The van der Waals surface area contributed by atoms with Crippen molar-refractivity contribution in [3.05, 3.63) is 11.7 Å². The number of unbranched alkanes of at least 4 members (excludes halogenated alkanes) is 1. The van der Waals surface area contributed by atoms with Gasteiger partial charge in [0.05, 0.1) is 5.75 Å². The Morgan fingerprint density at radius 2 is 2.25 bits per heavy atom. The summed E-state index contributed by atoms with van der Waals surface area (Å²) >= 11 is 1.75. The van der Waals surface area contributed by atoms with Crippen molar-refractivity contribution in [2.75, 3.05) is 5.75 Å². The van der Waals surface area contributed by atoms with Gasteiger partial charge in [-0.3, -0.25) is 0 Å². The molecule has 0 spiro atoms. The van der Waals surface area contributed by atoms with Gasteiger partial charge in [0.25, 0.3) is 0 Å². The zero-order valence-corrected chi connectivity index (χ0v) is 10.9. The lowest BCUT2D eigenvalue weighted by Crippen LogP contribution is -2.21. The first-order valence-corrected chi connectivity index (χ1v) is 7.06. The van der Waals surface area contributed by atoms with E-state index < -0.39 is 0 Å². The standard InChI is InChI=1S/C11H21N3OS/c1-3-5-6-10-13-11(15-14-10)8-16-7-9(12)4-2/h9H,3-8,12H2,1-2H3. The van der Waals surface area contributed by atoms with Crippen LogP contribution in [0.3, 0.4) is 0 Å². The summed E-state index contributed by atoms with van der Waals surface area (Å²) in [6.45, 7) is 4.25. The van der Waals surface area contributed by atoms with Gasteiger partial charge in [0.15, 0.2) is 5.82 Å². The highest BCUT2D eigenvalue weighted by atomic mass is 32.2. The molecule has 1 heterocycles. The Balaban J connectivity index is 2.23. The summed E-state index contributed by atoms with van der Waals surface area (Å²) < 4.78 is 5.15. The third-order valence-electron chi connectivity index (χ3n) is 2.35. The molecule has 1 atom stereocenters. The molecule has 16 heavy (non-hydrogen) atoms. The summed E-state index contributed by atoms with van der Waals surface area (Å²) in [6, 6.07) is 0.271. The smallest absolute Gasteiger partial charge is 0.236 e. The van der Waals surface area contributed by atoms with Gasteiger partial charge in [0.2, 0.25) is 5.89 Å². The molecule has 0 saturated carbocycles. The molecule has 0 aliphatic rings. The fourth-order valence-electron chi connectivity index (χ4n) is 1.20. The van der Waals surface area contributed by atoms with E-state index in [9.17, 15) is 0 Å². The molecule has 92 valence electrons. The zero-order valence-electron chi connectivity index (χ0n) is 10.1. The number of aromatic nitrogens is 2. The molecule has 4 nitrogen and oxygen atoms in total. The molecule has 2 N–H and O–H groups in total.